The van der Waals surface area contributed by atoms with Crippen molar-refractivity contribution in [2.45, 2.75) is 25.7 Å². The third-order valence-corrected chi connectivity index (χ3v) is 8.75. The van der Waals surface area contributed by atoms with Crippen molar-refractivity contribution >= 4 is 55.5 Å². The van der Waals surface area contributed by atoms with Gasteiger partial charge >= 0.3 is 0 Å². The molecule has 4 aromatic heterocycles. The lowest BCUT2D eigenvalue weighted by atomic mass is 9.97. The van der Waals surface area contributed by atoms with E-state index in [-0.39, 0.29) is 11.1 Å². The van der Waals surface area contributed by atoms with Gasteiger partial charge in [-0.25, -0.2) is 4.40 Å². The summed E-state index contributed by atoms with van der Waals surface area (Å²) in [5, 5.41) is 1.03. The number of rotatable bonds is 4. The van der Waals surface area contributed by atoms with Gasteiger partial charge in [0.1, 0.15) is 32.4 Å². The number of hydrogen-bond donors (Lipinski definition) is 0. The van der Waals surface area contributed by atoms with E-state index in [1.54, 1.807) is 53.2 Å². The van der Waals surface area contributed by atoms with Gasteiger partial charge in [0, 0.05) is 17.0 Å². The number of furan rings is 1. The van der Waals surface area contributed by atoms with Gasteiger partial charge in [-0.2, -0.15) is 4.98 Å². The van der Waals surface area contributed by atoms with Crippen LogP contribution in [0.15, 0.2) is 38.3 Å². The molecule has 1 aliphatic carbocycles. The maximum absolute atomic E-state index is 13.4. The maximum atomic E-state index is 13.4. The third-order valence-electron chi connectivity index (χ3n) is 6.21. The lowest BCUT2D eigenvalue weighted by Gasteiger charge is -2.10. The quantitative estimate of drug-likeness (QED) is 0.338. The monoisotopic (exact) mass is 526 g/mol. The van der Waals surface area contributed by atoms with Crippen molar-refractivity contribution in [2.75, 3.05) is 14.2 Å². The fraction of sp³-hybridized carbons (Fsp3) is 0.240. The SMILES string of the molecule is COc1cc(-c2ccc(C=c3sc4nc(=O)c5c6c(sc5n4c3=O)CCCC6)o2)c(OC)cc1Cl. The average molecular weight is 527 g/mol. The van der Waals surface area contributed by atoms with Crippen LogP contribution in [0.4, 0.5) is 0 Å². The van der Waals surface area contributed by atoms with Gasteiger partial charge in [0.2, 0.25) is 4.96 Å². The number of fused-ring (bicyclic) bond motifs is 5. The molecule has 1 aliphatic rings. The zero-order chi connectivity index (χ0) is 24.3. The lowest BCUT2D eigenvalue weighted by Crippen LogP contribution is -2.24. The van der Waals surface area contributed by atoms with Crippen molar-refractivity contribution in [3.8, 4) is 22.8 Å². The summed E-state index contributed by atoms with van der Waals surface area (Å²) in [6, 6.07) is 6.98. The number of ether oxygens (including phenoxy) is 2. The largest absolute Gasteiger partial charge is 0.496 e. The molecule has 0 aliphatic heterocycles. The van der Waals surface area contributed by atoms with Gasteiger partial charge in [0.05, 0.1) is 30.2 Å². The van der Waals surface area contributed by atoms with E-state index in [4.69, 9.17) is 25.5 Å². The minimum Gasteiger partial charge on any atom is -0.496 e. The molecule has 0 unspecified atom stereocenters. The summed E-state index contributed by atoms with van der Waals surface area (Å²) in [6.45, 7) is 0. The Morgan fingerprint density at radius 1 is 1.09 bits per heavy atom. The van der Waals surface area contributed by atoms with Crippen LogP contribution in [0.25, 0.3) is 32.6 Å². The smallest absolute Gasteiger partial charge is 0.282 e. The molecule has 0 radical (unpaired) electrons. The van der Waals surface area contributed by atoms with Gasteiger partial charge in [-0.05, 0) is 49.4 Å². The van der Waals surface area contributed by atoms with Crippen molar-refractivity contribution in [3.63, 3.8) is 0 Å². The molecular weight excluding hydrogens is 508 g/mol. The molecule has 0 atom stereocenters. The fourth-order valence-corrected chi connectivity index (χ4v) is 7.17. The molecule has 178 valence electrons. The van der Waals surface area contributed by atoms with Crippen molar-refractivity contribution in [2.24, 2.45) is 0 Å². The summed E-state index contributed by atoms with van der Waals surface area (Å²) in [5.41, 5.74) is 1.29. The second-order valence-corrected chi connectivity index (χ2v) is 10.7. The van der Waals surface area contributed by atoms with E-state index in [0.717, 1.165) is 31.2 Å². The highest BCUT2D eigenvalue weighted by Gasteiger charge is 2.22. The summed E-state index contributed by atoms with van der Waals surface area (Å²) in [5.74, 6) is 2.06. The number of aryl methyl sites for hydroxylation is 2. The van der Waals surface area contributed by atoms with Crippen LogP contribution in [0.1, 0.15) is 29.0 Å². The minimum absolute atomic E-state index is 0.204. The van der Waals surface area contributed by atoms with Crippen LogP contribution in [0, 0.1) is 0 Å². The second kappa shape index (κ2) is 8.51. The van der Waals surface area contributed by atoms with Crippen molar-refractivity contribution in [3.05, 3.63) is 70.7 Å². The number of thiophene rings is 1. The van der Waals surface area contributed by atoms with Gasteiger partial charge in [-0.3, -0.25) is 9.59 Å². The summed E-state index contributed by atoms with van der Waals surface area (Å²) < 4.78 is 18.8. The molecule has 0 fully saturated rings. The van der Waals surface area contributed by atoms with E-state index in [0.29, 0.717) is 53.3 Å². The average Bonchev–Trinajstić information content (AvgIpc) is 3.55. The van der Waals surface area contributed by atoms with Gasteiger partial charge in [-0.15, -0.1) is 11.3 Å². The van der Waals surface area contributed by atoms with E-state index in [1.165, 1.54) is 23.3 Å². The maximum Gasteiger partial charge on any atom is 0.282 e. The van der Waals surface area contributed by atoms with Crippen LogP contribution in [0.3, 0.4) is 0 Å². The molecule has 0 saturated heterocycles. The topological polar surface area (TPSA) is 83.0 Å². The zero-order valence-corrected chi connectivity index (χ0v) is 21.2. The molecule has 0 spiro atoms. The van der Waals surface area contributed by atoms with Crippen LogP contribution >= 0.6 is 34.3 Å². The van der Waals surface area contributed by atoms with Gasteiger partial charge in [0.25, 0.3) is 11.1 Å². The molecule has 35 heavy (non-hydrogen) atoms. The van der Waals surface area contributed by atoms with Crippen LogP contribution in [-0.2, 0) is 12.8 Å². The third kappa shape index (κ3) is 3.57. The van der Waals surface area contributed by atoms with E-state index in [2.05, 4.69) is 4.98 Å². The van der Waals surface area contributed by atoms with Crippen molar-refractivity contribution in [1.82, 2.24) is 9.38 Å². The second-order valence-electron chi connectivity index (χ2n) is 8.23. The summed E-state index contributed by atoms with van der Waals surface area (Å²) >= 11 is 8.94. The van der Waals surface area contributed by atoms with E-state index >= 15 is 0 Å². The first-order valence-corrected chi connectivity index (χ1v) is 13.0. The molecule has 7 nitrogen and oxygen atoms in total. The Bertz CT molecular complexity index is 1800. The number of benzene rings is 1. The number of aromatic nitrogens is 2. The molecule has 0 amide bonds. The van der Waals surface area contributed by atoms with Crippen LogP contribution in [0.5, 0.6) is 11.5 Å². The Kier molecular flexibility index (Phi) is 5.43. The number of methoxy groups -OCH3 is 2. The summed E-state index contributed by atoms with van der Waals surface area (Å²) in [6.07, 6.45) is 5.65. The van der Waals surface area contributed by atoms with Gasteiger partial charge in [0.15, 0.2) is 0 Å². The first-order chi connectivity index (χ1) is 17.0. The Morgan fingerprint density at radius 3 is 2.69 bits per heavy atom. The highest BCUT2D eigenvalue weighted by molar-refractivity contribution is 7.19. The molecule has 0 bridgehead atoms. The summed E-state index contributed by atoms with van der Waals surface area (Å²) in [7, 11) is 3.09. The Morgan fingerprint density at radius 2 is 1.89 bits per heavy atom. The number of hydrogen-bond acceptors (Lipinski definition) is 8. The Hall–Kier alpha value is -3.14. The van der Waals surface area contributed by atoms with Crippen LogP contribution < -0.4 is 25.1 Å². The molecular formula is C25H19ClN2O5S2. The van der Waals surface area contributed by atoms with E-state index < -0.39 is 0 Å². The van der Waals surface area contributed by atoms with Gasteiger partial charge in [-0.1, -0.05) is 22.9 Å². The summed E-state index contributed by atoms with van der Waals surface area (Å²) in [4.78, 5) is 32.8. The molecule has 0 N–H and O–H groups in total. The highest BCUT2D eigenvalue weighted by Crippen LogP contribution is 2.39. The molecule has 10 heteroatoms. The molecule has 0 saturated carbocycles. The van der Waals surface area contributed by atoms with Crippen LogP contribution in [-0.4, -0.2) is 23.6 Å². The highest BCUT2D eigenvalue weighted by atomic mass is 35.5. The van der Waals surface area contributed by atoms with E-state index in [1.807, 2.05) is 0 Å². The number of halogens is 1. The standard InChI is InChI=1S/C25H19ClN2O5S2/c1-31-17-11-15(26)18(32-2)10-14(17)16-8-7-12(33-16)9-20-23(30)28-24-21(22(29)27-25(28)35-20)13-5-3-4-6-19(13)34-24/h7-11H,3-6H2,1-2H3. The fourth-order valence-electron chi connectivity index (χ4n) is 4.56. The number of nitrogens with zero attached hydrogens (tertiary/aromatic N) is 2. The van der Waals surface area contributed by atoms with Crippen molar-refractivity contribution < 1.29 is 13.9 Å². The lowest BCUT2D eigenvalue weighted by molar-refractivity contribution is 0.403. The van der Waals surface area contributed by atoms with Gasteiger partial charge < -0.3 is 13.9 Å². The van der Waals surface area contributed by atoms with E-state index in [9.17, 15) is 9.59 Å². The Balaban J connectivity index is 1.49. The first-order valence-electron chi connectivity index (χ1n) is 11.0. The molecule has 6 rings (SSSR count). The molecule has 1 aromatic carbocycles. The molecule has 4 heterocycles. The zero-order valence-electron chi connectivity index (χ0n) is 18.8. The van der Waals surface area contributed by atoms with Crippen molar-refractivity contribution in [1.29, 1.82) is 0 Å². The Labute approximate surface area is 211 Å². The predicted molar refractivity (Wildman–Crippen MR) is 139 cm³/mol. The normalized spacial score (nSPS) is 14.1. The van der Waals surface area contributed by atoms with Crippen LogP contribution in [0.2, 0.25) is 5.02 Å². The molecule has 5 aromatic rings. The first kappa shape index (κ1) is 22.3. The minimum atomic E-state index is -0.253. The number of thiazole rings is 1. The predicted octanol–water partition coefficient (Wildman–Crippen LogP) is 4.69.